The number of rotatable bonds is 5. The quantitative estimate of drug-likeness (QED) is 0.822. The van der Waals surface area contributed by atoms with E-state index >= 15 is 0 Å². The molecule has 0 radical (unpaired) electrons. The van der Waals surface area contributed by atoms with E-state index in [1.165, 1.54) is 29.0 Å². The Kier molecular flexibility index (Phi) is 3.79. The molecule has 5 nitrogen and oxygen atoms in total. The first kappa shape index (κ1) is 14.0. The first-order valence-corrected chi connectivity index (χ1v) is 8.86. The smallest absolute Gasteiger partial charge is 0.211 e. The van der Waals surface area contributed by atoms with Crippen LogP contribution in [-0.4, -0.2) is 37.1 Å². The number of pyridine rings is 1. The van der Waals surface area contributed by atoms with Crippen LogP contribution < -0.4 is 0 Å². The molecule has 6 heteroatoms. The van der Waals surface area contributed by atoms with Crippen LogP contribution >= 0.6 is 0 Å². The van der Waals surface area contributed by atoms with Crippen molar-refractivity contribution in [2.24, 2.45) is 5.92 Å². The zero-order chi connectivity index (χ0) is 14.2. The largest absolute Gasteiger partial charge is 0.376 e. The molecule has 2 heterocycles. The summed E-state index contributed by atoms with van der Waals surface area (Å²) in [5.74, 6) is 0.753. The van der Waals surface area contributed by atoms with E-state index < -0.39 is 10.0 Å². The van der Waals surface area contributed by atoms with Gasteiger partial charge in [0.2, 0.25) is 10.0 Å². The van der Waals surface area contributed by atoms with E-state index in [4.69, 9.17) is 4.74 Å². The van der Waals surface area contributed by atoms with E-state index in [1.54, 1.807) is 6.20 Å². The van der Waals surface area contributed by atoms with E-state index in [-0.39, 0.29) is 0 Å². The highest BCUT2D eigenvalue weighted by Crippen LogP contribution is 2.29. The monoisotopic (exact) mass is 296 g/mol. The molecular weight excluding hydrogens is 276 g/mol. The maximum atomic E-state index is 11.6. The number of aromatic nitrogens is 1. The highest BCUT2D eigenvalue weighted by atomic mass is 32.2. The topological polar surface area (TPSA) is 59.5 Å². The third-order valence-electron chi connectivity index (χ3n) is 3.97. The van der Waals surface area contributed by atoms with Gasteiger partial charge in [0.25, 0.3) is 0 Å². The lowest BCUT2D eigenvalue weighted by atomic mass is 9.99. The molecule has 1 aromatic heterocycles. The number of fused-ring (bicyclic) bond motifs is 1. The Bertz CT molecular complexity index is 596. The minimum atomic E-state index is -3.13. The maximum Gasteiger partial charge on any atom is 0.211 e. The van der Waals surface area contributed by atoms with Crippen LogP contribution in [0.2, 0.25) is 0 Å². The lowest BCUT2D eigenvalue weighted by molar-refractivity contribution is 0.110. The van der Waals surface area contributed by atoms with Crippen molar-refractivity contribution in [2.45, 2.75) is 32.4 Å². The Labute approximate surface area is 120 Å². The third-order valence-corrected chi connectivity index (χ3v) is 5.22. The van der Waals surface area contributed by atoms with Gasteiger partial charge in [0.05, 0.1) is 12.9 Å². The fourth-order valence-electron chi connectivity index (χ4n) is 2.57. The van der Waals surface area contributed by atoms with Crippen molar-refractivity contribution in [3.63, 3.8) is 0 Å². The van der Waals surface area contributed by atoms with Gasteiger partial charge in [-0.15, -0.1) is 0 Å². The molecule has 0 amide bonds. The normalized spacial score (nSPS) is 19.9. The van der Waals surface area contributed by atoms with Crippen molar-refractivity contribution in [3.8, 4) is 0 Å². The molecule has 1 aliphatic carbocycles. The molecule has 0 bridgehead atoms. The summed E-state index contributed by atoms with van der Waals surface area (Å²) in [6, 6.07) is 0. The van der Waals surface area contributed by atoms with Gasteiger partial charge in [-0.25, -0.2) is 8.42 Å². The molecule has 0 atom stereocenters. The number of sulfonamides is 1. The summed E-state index contributed by atoms with van der Waals surface area (Å²) in [5, 5.41) is 0. The second kappa shape index (κ2) is 5.42. The number of nitrogens with zero attached hydrogens (tertiary/aromatic N) is 2. The standard InChI is InChI=1S/C14H20N2O3S/c1-20(17,18)16-5-4-14-12(8-16)6-15-7-13(14)10-19-9-11-2-3-11/h6-7,11H,2-5,8-10H2,1H3. The first-order valence-electron chi connectivity index (χ1n) is 7.01. The van der Waals surface area contributed by atoms with Gasteiger partial charge in [-0.05, 0) is 41.9 Å². The molecular formula is C14H20N2O3S. The molecule has 3 rings (SSSR count). The Morgan fingerprint density at radius 3 is 2.90 bits per heavy atom. The van der Waals surface area contributed by atoms with Crippen LogP contribution in [0, 0.1) is 5.92 Å². The molecule has 1 aliphatic heterocycles. The van der Waals surface area contributed by atoms with Crippen LogP contribution in [0.1, 0.15) is 29.5 Å². The summed E-state index contributed by atoms with van der Waals surface area (Å²) >= 11 is 0. The Hall–Kier alpha value is -0.980. The zero-order valence-electron chi connectivity index (χ0n) is 11.7. The second-order valence-electron chi connectivity index (χ2n) is 5.74. The average molecular weight is 296 g/mol. The zero-order valence-corrected chi connectivity index (χ0v) is 12.5. The van der Waals surface area contributed by atoms with Gasteiger partial charge >= 0.3 is 0 Å². The van der Waals surface area contributed by atoms with Crippen molar-refractivity contribution < 1.29 is 13.2 Å². The van der Waals surface area contributed by atoms with Crippen LogP contribution in [0.4, 0.5) is 0 Å². The molecule has 1 fully saturated rings. The summed E-state index contributed by atoms with van der Waals surface area (Å²) in [5.41, 5.74) is 3.33. The molecule has 1 aromatic rings. The predicted molar refractivity (Wildman–Crippen MR) is 75.6 cm³/mol. The van der Waals surface area contributed by atoms with Gasteiger partial charge in [0.15, 0.2) is 0 Å². The average Bonchev–Trinajstić information content (AvgIpc) is 3.21. The van der Waals surface area contributed by atoms with Crippen molar-refractivity contribution in [1.29, 1.82) is 0 Å². The molecule has 110 valence electrons. The van der Waals surface area contributed by atoms with Gasteiger partial charge in [-0.2, -0.15) is 4.31 Å². The predicted octanol–water partition coefficient (Wildman–Crippen LogP) is 1.33. The van der Waals surface area contributed by atoms with Gasteiger partial charge in [-0.3, -0.25) is 4.98 Å². The number of hydrogen-bond acceptors (Lipinski definition) is 4. The van der Waals surface area contributed by atoms with E-state index in [2.05, 4.69) is 4.98 Å². The van der Waals surface area contributed by atoms with E-state index in [9.17, 15) is 8.42 Å². The van der Waals surface area contributed by atoms with Crippen molar-refractivity contribution in [3.05, 3.63) is 29.1 Å². The highest BCUT2D eigenvalue weighted by Gasteiger charge is 2.25. The van der Waals surface area contributed by atoms with Crippen molar-refractivity contribution in [1.82, 2.24) is 9.29 Å². The SMILES string of the molecule is CS(=O)(=O)N1CCc2c(COCC3CC3)cncc2C1. The van der Waals surface area contributed by atoms with Crippen LogP contribution in [0.5, 0.6) is 0 Å². The lowest BCUT2D eigenvalue weighted by Gasteiger charge is -2.27. The van der Waals surface area contributed by atoms with Gasteiger partial charge < -0.3 is 4.74 Å². The van der Waals surface area contributed by atoms with E-state index in [0.717, 1.165) is 30.1 Å². The minimum absolute atomic E-state index is 0.428. The molecule has 0 spiro atoms. The number of hydrogen-bond donors (Lipinski definition) is 0. The molecule has 0 unspecified atom stereocenters. The van der Waals surface area contributed by atoms with E-state index in [0.29, 0.717) is 19.7 Å². The number of ether oxygens (including phenoxy) is 1. The van der Waals surface area contributed by atoms with Gasteiger partial charge in [-0.1, -0.05) is 0 Å². The third kappa shape index (κ3) is 3.19. The molecule has 0 N–H and O–H groups in total. The molecule has 0 aromatic carbocycles. The summed E-state index contributed by atoms with van der Waals surface area (Å²) in [4.78, 5) is 4.23. The van der Waals surface area contributed by atoms with Gasteiger partial charge in [0.1, 0.15) is 0 Å². The van der Waals surface area contributed by atoms with E-state index in [1.807, 2.05) is 6.20 Å². The molecule has 1 saturated carbocycles. The summed E-state index contributed by atoms with van der Waals surface area (Å²) < 4.78 is 30.5. The lowest BCUT2D eigenvalue weighted by Crippen LogP contribution is -2.35. The first-order chi connectivity index (χ1) is 9.54. The minimum Gasteiger partial charge on any atom is -0.376 e. The van der Waals surface area contributed by atoms with Crippen LogP contribution in [-0.2, 0) is 34.3 Å². The van der Waals surface area contributed by atoms with Crippen LogP contribution in [0.3, 0.4) is 0 Å². The fourth-order valence-corrected chi connectivity index (χ4v) is 3.37. The molecule has 0 saturated heterocycles. The molecule has 2 aliphatic rings. The van der Waals surface area contributed by atoms with Crippen LogP contribution in [0.15, 0.2) is 12.4 Å². The van der Waals surface area contributed by atoms with Crippen LogP contribution in [0.25, 0.3) is 0 Å². The summed E-state index contributed by atoms with van der Waals surface area (Å²) in [6.45, 7) is 2.40. The van der Waals surface area contributed by atoms with Crippen molar-refractivity contribution in [2.75, 3.05) is 19.4 Å². The summed E-state index contributed by atoms with van der Waals surface area (Å²) in [7, 11) is -3.13. The Morgan fingerprint density at radius 1 is 1.40 bits per heavy atom. The Morgan fingerprint density at radius 2 is 2.20 bits per heavy atom. The second-order valence-corrected chi connectivity index (χ2v) is 7.72. The Balaban J connectivity index is 1.71. The maximum absolute atomic E-state index is 11.6. The summed E-state index contributed by atoms with van der Waals surface area (Å²) in [6.07, 6.45) is 8.20. The van der Waals surface area contributed by atoms with Crippen molar-refractivity contribution >= 4 is 10.0 Å². The van der Waals surface area contributed by atoms with Gasteiger partial charge in [0, 0.05) is 32.1 Å². The fraction of sp³-hybridized carbons (Fsp3) is 0.643. The highest BCUT2D eigenvalue weighted by molar-refractivity contribution is 7.88. The molecule has 20 heavy (non-hydrogen) atoms.